The molecule has 3 aliphatic rings. The number of aromatic nitrogens is 2. The Balaban J connectivity index is 1.24. The van der Waals surface area contributed by atoms with Crippen LogP contribution in [0.1, 0.15) is 81.9 Å². The number of nitrogens with one attached hydrogen (secondary N) is 2. The maximum atomic E-state index is 12.3. The number of allylic oxidation sites excluding steroid dienone is 1. The molecule has 0 bridgehead atoms. The number of nitrogens with zero attached hydrogens (tertiary/aromatic N) is 3. The number of fused-ring (bicyclic) bond motifs is 1. The number of carbonyl (C=O) groups is 1. The first kappa shape index (κ1) is 22.1. The summed E-state index contributed by atoms with van der Waals surface area (Å²) in [6, 6.07) is 0.427. The molecule has 0 aromatic carbocycles. The van der Waals surface area contributed by atoms with Crippen LogP contribution in [0.4, 0.5) is 11.8 Å². The summed E-state index contributed by atoms with van der Waals surface area (Å²) in [4.78, 5) is 24.1. The maximum absolute atomic E-state index is 12.3. The molecule has 0 radical (unpaired) electrons. The Kier molecular flexibility index (Phi) is 7.46. The summed E-state index contributed by atoms with van der Waals surface area (Å²) in [5.41, 5.74) is 3.90. The van der Waals surface area contributed by atoms with Gasteiger partial charge in [-0.2, -0.15) is 4.98 Å². The van der Waals surface area contributed by atoms with E-state index in [9.17, 15) is 4.79 Å². The highest BCUT2D eigenvalue weighted by Crippen LogP contribution is 2.30. The summed E-state index contributed by atoms with van der Waals surface area (Å²) < 4.78 is 0. The number of anilines is 2. The molecule has 0 unspecified atom stereocenters. The van der Waals surface area contributed by atoms with Crippen molar-refractivity contribution >= 4 is 17.7 Å². The van der Waals surface area contributed by atoms with E-state index in [0.717, 1.165) is 69.7 Å². The molecule has 0 spiro atoms. The van der Waals surface area contributed by atoms with E-state index < -0.39 is 0 Å². The van der Waals surface area contributed by atoms with Crippen LogP contribution in [-0.2, 0) is 17.6 Å². The van der Waals surface area contributed by atoms with E-state index in [1.807, 2.05) is 0 Å². The van der Waals surface area contributed by atoms with Gasteiger partial charge in [-0.05, 0) is 83.0 Å². The van der Waals surface area contributed by atoms with Crippen molar-refractivity contribution in [1.82, 2.24) is 15.3 Å². The van der Waals surface area contributed by atoms with Crippen molar-refractivity contribution < 1.29 is 4.79 Å². The standard InChI is InChI=1S/C25H39N5O/c1-30(2)24-21-10-6-7-11-22(21)28-25(29-24)27-20-14-12-19(13-15-20)17-26-23(31)16-18-8-4-3-5-9-18/h8,19-20H,3-7,9-17H2,1-2H3,(H,26,31)(H,27,28,29)/t19-,20+. The minimum absolute atomic E-state index is 0.201. The molecule has 1 heterocycles. The molecular weight excluding hydrogens is 386 g/mol. The fourth-order valence-corrected chi connectivity index (χ4v) is 5.29. The quantitative estimate of drug-likeness (QED) is 0.634. The Morgan fingerprint density at radius 1 is 1.03 bits per heavy atom. The van der Waals surface area contributed by atoms with Gasteiger partial charge >= 0.3 is 0 Å². The first-order valence-electron chi connectivity index (χ1n) is 12.4. The molecule has 1 aromatic heterocycles. The molecule has 170 valence electrons. The molecule has 0 aliphatic heterocycles. The molecule has 4 rings (SSSR count). The molecule has 3 aliphatic carbocycles. The minimum atomic E-state index is 0.201. The summed E-state index contributed by atoms with van der Waals surface area (Å²) >= 11 is 0. The van der Waals surface area contributed by atoms with Crippen LogP contribution in [0, 0.1) is 5.92 Å². The zero-order chi connectivity index (χ0) is 21.6. The lowest BCUT2D eigenvalue weighted by Crippen LogP contribution is -2.34. The van der Waals surface area contributed by atoms with Crippen molar-refractivity contribution in [3.8, 4) is 0 Å². The lowest BCUT2D eigenvalue weighted by molar-refractivity contribution is -0.120. The van der Waals surface area contributed by atoms with Gasteiger partial charge in [0.25, 0.3) is 0 Å². The van der Waals surface area contributed by atoms with Gasteiger partial charge in [0.2, 0.25) is 11.9 Å². The predicted octanol–water partition coefficient (Wildman–Crippen LogP) is 4.40. The predicted molar refractivity (Wildman–Crippen MR) is 127 cm³/mol. The second-order valence-electron chi connectivity index (χ2n) is 9.85. The molecule has 2 N–H and O–H groups in total. The second kappa shape index (κ2) is 10.5. The van der Waals surface area contributed by atoms with E-state index in [1.54, 1.807) is 0 Å². The first-order chi connectivity index (χ1) is 15.1. The monoisotopic (exact) mass is 425 g/mol. The Hall–Kier alpha value is -2.11. The minimum Gasteiger partial charge on any atom is -0.362 e. The van der Waals surface area contributed by atoms with Gasteiger partial charge in [0.15, 0.2) is 0 Å². The molecule has 1 amide bonds. The first-order valence-corrected chi connectivity index (χ1v) is 12.4. The van der Waals surface area contributed by atoms with E-state index in [-0.39, 0.29) is 5.91 Å². The molecule has 1 fully saturated rings. The summed E-state index contributed by atoms with van der Waals surface area (Å²) in [6.45, 7) is 0.818. The second-order valence-corrected chi connectivity index (χ2v) is 9.85. The summed E-state index contributed by atoms with van der Waals surface area (Å²) in [6.07, 6.45) is 16.8. The average Bonchev–Trinajstić information content (AvgIpc) is 2.78. The van der Waals surface area contributed by atoms with Crippen LogP contribution in [-0.4, -0.2) is 42.6 Å². The number of hydrogen-bond acceptors (Lipinski definition) is 5. The van der Waals surface area contributed by atoms with Gasteiger partial charge in [-0.3, -0.25) is 4.79 Å². The number of amides is 1. The van der Waals surface area contributed by atoms with E-state index in [2.05, 4.69) is 35.7 Å². The lowest BCUT2D eigenvalue weighted by Gasteiger charge is -2.30. The van der Waals surface area contributed by atoms with Crippen LogP contribution in [0.15, 0.2) is 11.6 Å². The van der Waals surface area contributed by atoms with Crippen LogP contribution in [0.2, 0.25) is 0 Å². The van der Waals surface area contributed by atoms with E-state index in [1.165, 1.54) is 42.5 Å². The molecule has 31 heavy (non-hydrogen) atoms. The molecule has 1 aromatic rings. The van der Waals surface area contributed by atoms with Crippen molar-refractivity contribution in [3.05, 3.63) is 22.9 Å². The van der Waals surface area contributed by atoms with Crippen LogP contribution in [0.5, 0.6) is 0 Å². The van der Waals surface area contributed by atoms with Crippen LogP contribution in [0.3, 0.4) is 0 Å². The molecule has 0 atom stereocenters. The summed E-state index contributed by atoms with van der Waals surface area (Å²) in [5.74, 6) is 2.66. The van der Waals surface area contributed by atoms with Crippen LogP contribution in [0.25, 0.3) is 0 Å². The summed E-state index contributed by atoms with van der Waals surface area (Å²) in [5, 5.41) is 6.81. The van der Waals surface area contributed by atoms with Gasteiger partial charge in [0, 0.05) is 38.7 Å². The fourth-order valence-electron chi connectivity index (χ4n) is 5.29. The largest absolute Gasteiger partial charge is 0.362 e. The highest BCUT2D eigenvalue weighted by Gasteiger charge is 2.24. The van der Waals surface area contributed by atoms with Crippen LogP contribution < -0.4 is 15.5 Å². The third-order valence-electron chi connectivity index (χ3n) is 7.13. The molecule has 6 heteroatoms. The van der Waals surface area contributed by atoms with Gasteiger partial charge < -0.3 is 15.5 Å². The number of hydrogen-bond donors (Lipinski definition) is 2. The van der Waals surface area contributed by atoms with Crippen LogP contribution >= 0.6 is 0 Å². The van der Waals surface area contributed by atoms with Gasteiger partial charge in [0.1, 0.15) is 5.82 Å². The normalized spacial score (nSPS) is 23.5. The van der Waals surface area contributed by atoms with Gasteiger partial charge in [0.05, 0.1) is 5.69 Å². The maximum Gasteiger partial charge on any atom is 0.225 e. The fraction of sp³-hybridized carbons (Fsp3) is 0.720. The van der Waals surface area contributed by atoms with Gasteiger partial charge in [-0.1, -0.05) is 11.6 Å². The topological polar surface area (TPSA) is 70.2 Å². The average molecular weight is 426 g/mol. The third kappa shape index (κ3) is 5.98. The highest BCUT2D eigenvalue weighted by atomic mass is 16.1. The Bertz CT molecular complexity index is 795. The van der Waals surface area contributed by atoms with E-state index in [4.69, 9.17) is 9.97 Å². The lowest BCUT2D eigenvalue weighted by atomic mass is 9.86. The Morgan fingerprint density at radius 2 is 1.81 bits per heavy atom. The number of carbonyl (C=O) groups excluding carboxylic acids is 1. The SMILES string of the molecule is CN(C)c1nc(N[C@H]2CC[C@@H](CNC(=O)CC3=CCCCC3)CC2)nc2c1CCCC2. The number of aryl methyl sites for hydroxylation is 1. The Labute approximate surface area is 187 Å². The van der Waals surface area contributed by atoms with Crippen molar-refractivity contribution in [2.24, 2.45) is 5.92 Å². The van der Waals surface area contributed by atoms with Crippen molar-refractivity contribution in [2.75, 3.05) is 30.9 Å². The Morgan fingerprint density at radius 3 is 2.55 bits per heavy atom. The van der Waals surface area contributed by atoms with E-state index >= 15 is 0 Å². The van der Waals surface area contributed by atoms with Crippen molar-refractivity contribution in [2.45, 2.75) is 89.5 Å². The van der Waals surface area contributed by atoms with Gasteiger partial charge in [-0.25, -0.2) is 4.98 Å². The molecular formula is C25H39N5O. The van der Waals surface area contributed by atoms with Crippen molar-refractivity contribution in [3.63, 3.8) is 0 Å². The molecule has 1 saturated carbocycles. The molecule has 6 nitrogen and oxygen atoms in total. The van der Waals surface area contributed by atoms with E-state index in [0.29, 0.717) is 18.4 Å². The van der Waals surface area contributed by atoms with Crippen molar-refractivity contribution in [1.29, 1.82) is 0 Å². The number of rotatable bonds is 7. The zero-order valence-corrected chi connectivity index (χ0v) is 19.4. The zero-order valence-electron chi connectivity index (χ0n) is 19.4. The highest BCUT2D eigenvalue weighted by molar-refractivity contribution is 5.78. The third-order valence-corrected chi connectivity index (χ3v) is 7.13. The summed E-state index contributed by atoms with van der Waals surface area (Å²) in [7, 11) is 4.15. The molecule has 0 saturated heterocycles. The smallest absolute Gasteiger partial charge is 0.225 e. The van der Waals surface area contributed by atoms with Gasteiger partial charge in [-0.15, -0.1) is 0 Å².